The van der Waals surface area contributed by atoms with Gasteiger partial charge in [-0.25, -0.2) is 4.79 Å². The molecule has 0 radical (unpaired) electrons. The van der Waals surface area contributed by atoms with Crippen LogP contribution in [0.5, 0.6) is 11.5 Å². The molecule has 0 unspecified atom stereocenters. The van der Waals surface area contributed by atoms with Crippen molar-refractivity contribution in [2.45, 2.75) is 26.2 Å². The van der Waals surface area contributed by atoms with Crippen LogP contribution in [0.4, 0.5) is 5.69 Å². The van der Waals surface area contributed by atoms with Crippen molar-refractivity contribution < 1.29 is 28.6 Å². The van der Waals surface area contributed by atoms with Crippen LogP contribution in [-0.2, 0) is 14.3 Å². The number of anilines is 1. The molecule has 0 N–H and O–H groups in total. The number of hydrogen-bond acceptors (Lipinski definition) is 6. The molecule has 7 heteroatoms. The van der Waals surface area contributed by atoms with Crippen molar-refractivity contribution in [1.82, 2.24) is 0 Å². The fraction of sp³-hybridized carbons (Fsp3) is 0.348. The number of esters is 1. The number of benzene rings is 2. The van der Waals surface area contributed by atoms with Gasteiger partial charge in [-0.3, -0.25) is 9.59 Å². The van der Waals surface area contributed by atoms with Crippen LogP contribution in [0, 0.1) is 0 Å². The number of carbonyl (C=O) groups is 3. The van der Waals surface area contributed by atoms with Crippen LogP contribution in [0.2, 0.25) is 0 Å². The molecule has 0 bridgehead atoms. The number of rotatable bonds is 10. The molecule has 1 heterocycles. The van der Waals surface area contributed by atoms with E-state index in [4.69, 9.17) is 14.2 Å². The molecule has 2 aromatic carbocycles. The van der Waals surface area contributed by atoms with E-state index in [0.717, 1.165) is 12.8 Å². The van der Waals surface area contributed by atoms with Gasteiger partial charge >= 0.3 is 5.97 Å². The molecular formula is C23H25NO6. The Balaban J connectivity index is 1.50. The third-order valence-electron chi connectivity index (χ3n) is 4.57. The Morgan fingerprint density at radius 2 is 1.77 bits per heavy atom. The quantitative estimate of drug-likeness (QED) is 0.440. The second kappa shape index (κ2) is 10.4. The molecule has 1 fully saturated rings. The average Bonchev–Trinajstić information content (AvgIpc) is 3.21. The molecule has 7 nitrogen and oxygen atoms in total. The van der Waals surface area contributed by atoms with E-state index in [-0.39, 0.29) is 18.3 Å². The highest BCUT2D eigenvalue weighted by Gasteiger charge is 2.22. The van der Waals surface area contributed by atoms with Crippen LogP contribution >= 0.6 is 0 Å². The Kier molecular flexibility index (Phi) is 7.43. The second-order valence-electron chi connectivity index (χ2n) is 6.87. The Morgan fingerprint density at radius 1 is 1.00 bits per heavy atom. The molecule has 3 rings (SSSR count). The summed E-state index contributed by atoms with van der Waals surface area (Å²) in [5.74, 6) is 0.0446. The molecule has 30 heavy (non-hydrogen) atoms. The fourth-order valence-corrected chi connectivity index (χ4v) is 3.08. The van der Waals surface area contributed by atoms with Crippen molar-refractivity contribution in [3.05, 3.63) is 54.1 Å². The second-order valence-corrected chi connectivity index (χ2v) is 6.87. The maximum atomic E-state index is 12.4. The highest BCUT2D eigenvalue weighted by Crippen LogP contribution is 2.26. The molecule has 1 amide bonds. The molecule has 158 valence electrons. The number of amides is 1. The molecular weight excluding hydrogens is 386 g/mol. The highest BCUT2D eigenvalue weighted by molar-refractivity contribution is 6.01. The lowest BCUT2D eigenvalue weighted by Gasteiger charge is -2.16. The first-order valence-corrected chi connectivity index (χ1v) is 10.0. The first-order valence-electron chi connectivity index (χ1n) is 10.0. The van der Waals surface area contributed by atoms with E-state index >= 15 is 0 Å². The van der Waals surface area contributed by atoms with Gasteiger partial charge in [0.25, 0.3) is 0 Å². The van der Waals surface area contributed by atoms with Crippen molar-refractivity contribution in [2.24, 2.45) is 0 Å². The van der Waals surface area contributed by atoms with Gasteiger partial charge in [-0.1, -0.05) is 31.2 Å². The Morgan fingerprint density at radius 3 is 2.47 bits per heavy atom. The smallest absolute Gasteiger partial charge is 0.344 e. The number of ketones is 1. The molecule has 1 saturated heterocycles. The SMILES string of the molecule is CCCOc1ccccc1OCC(=O)OCC(=O)c1cccc(N2CCCC2=O)c1. The van der Waals surface area contributed by atoms with Gasteiger partial charge in [-0.05, 0) is 37.1 Å². The topological polar surface area (TPSA) is 82.1 Å². The standard InChI is InChI=1S/C23H25NO6/c1-2-13-28-20-9-3-4-10-21(20)29-16-23(27)30-15-19(25)17-7-5-8-18(14-17)24-12-6-11-22(24)26/h3-5,7-10,14H,2,6,11-13,15-16H2,1H3. The normalized spacial score (nSPS) is 13.2. The summed E-state index contributed by atoms with van der Waals surface area (Å²) in [5, 5.41) is 0. The first-order chi connectivity index (χ1) is 14.6. The van der Waals surface area contributed by atoms with Crippen LogP contribution in [0.3, 0.4) is 0 Å². The van der Waals surface area contributed by atoms with E-state index in [1.54, 1.807) is 47.4 Å². The van der Waals surface area contributed by atoms with Gasteiger partial charge in [0.1, 0.15) is 0 Å². The van der Waals surface area contributed by atoms with E-state index < -0.39 is 12.6 Å². The van der Waals surface area contributed by atoms with E-state index in [2.05, 4.69) is 0 Å². The summed E-state index contributed by atoms with van der Waals surface area (Å²) in [7, 11) is 0. The lowest BCUT2D eigenvalue weighted by Crippen LogP contribution is -2.24. The maximum Gasteiger partial charge on any atom is 0.344 e. The van der Waals surface area contributed by atoms with E-state index in [1.165, 1.54) is 0 Å². The summed E-state index contributed by atoms with van der Waals surface area (Å²) in [6.45, 7) is 2.46. The largest absolute Gasteiger partial charge is 0.490 e. The Hall–Kier alpha value is -3.35. The zero-order valence-corrected chi connectivity index (χ0v) is 17.0. The molecule has 1 aliphatic heterocycles. The van der Waals surface area contributed by atoms with Crippen molar-refractivity contribution >= 4 is 23.3 Å². The zero-order valence-electron chi connectivity index (χ0n) is 17.0. The minimum Gasteiger partial charge on any atom is -0.490 e. The summed E-state index contributed by atoms with van der Waals surface area (Å²) in [6, 6.07) is 13.9. The van der Waals surface area contributed by atoms with Gasteiger partial charge in [0, 0.05) is 24.2 Å². The van der Waals surface area contributed by atoms with E-state index in [1.807, 2.05) is 13.0 Å². The van der Waals surface area contributed by atoms with Gasteiger partial charge < -0.3 is 19.1 Å². The maximum absolute atomic E-state index is 12.4. The highest BCUT2D eigenvalue weighted by atomic mass is 16.6. The van der Waals surface area contributed by atoms with Gasteiger partial charge in [-0.2, -0.15) is 0 Å². The molecule has 0 aromatic heterocycles. The number of hydrogen-bond donors (Lipinski definition) is 0. The molecule has 0 saturated carbocycles. The van der Waals surface area contributed by atoms with Gasteiger partial charge in [-0.15, -0.1) is 0 Å². The average molecular weight is 411 g/mol. The summed E-state index contributed by atoms with van der Waals surface area (Å²) >= 11 is 0. The fourth-order valence-electron chi connectivity index (χ4n) is 3.08. The summed E-state index contributed by atoms with van der Waals surface area (Å²) < 4.78 is 16.1. The van der Waals surface area contributed by atoms with Crippen LogP contribution in [-0.4, -0.2) is 44.0 Å². The number of nitrogens with zero attached hydrogens (tertiary/aromatic N) is 1. The minimum absolute atomic E-state index is 0.0476. The van der Waals surface area contributed by atoms with Gasteiger partial charge in [0.2, 0.25) is 5.91 Å². The molecule has 1 aliphatic rings. The summed E-state index contributed by atoms with van der Waals surface area (Å²) in [6.07, 6.45) is 2.18. The number of carbonyl (C=O) groups excluding carboxylic acids is 3. The Labute approximate surface area is 175 Å². The van der Waals surface area contributed by atoms with E-state index in [0.29, 0.717) is 42.3 Å². The summed E-state index contributed by atoms with van der Waals surface area (Å²) in [4.78, 5) is 38.0. The third-order valence-corrected chi connectivity index (χ3v) is 4.57. The lowest BCUT2D eigenvalue weighted by atomic mass is 10.1. The van der Waals surface area contributed by atoms with Gasteiger partial charge in [0.05, 0.1) is 6.61 Å². The van der Waals surface area contributed by atoms with Crippen molar-refractivity contribution in [2.75, 3.05) is 31.3 Å². The molecule has 2 aromatic rings. The molecule has 0 aliphatic carbocycles. The molecule has 0 spiro atoms. The number of para-hydroxylation sites is 2. The van der Waals surface area contributed by atoms with Crippen molar-refractivity contribution in [3.8, 4) is 11.5 Å². The number of ether oxygens (including phenoxy) is 3. The first kappa shape index (κ1) is 21.4. The van der Waals surface area contributed by atoms with E-state index in [9.17, 15) is 14.4 Å². The van der Waals surface area contributed by atoms with Crippen LogP contribution in [0.1, 0.15) is 36.5 Å². The Bertz CT molecular complexity index is 910. The summed E-state index contributed by atoms with van der Waals surface area (Å²) in [5.41, 5.74) is 1.07. The minimum atomic E-state index is -0.653. The van der Waals surface area contributed by atoms with Crippen LogP contribution in [0.25, 0.3) is 0 Å². The predicted molar refractivity (Wildman–Crippen MR) is 111 cm³/mol. The molecule has 0 atom stereocenters. The van der Waals surface area contributed by atoms with Crippen molar-refractivity contribution in [1.29, 1.82) is 0 Å². The number of Topliss-reactive ketones (excluding diaryl/α,β-unsaturated/α-hetero) is 1. The lowest BCUT2D eigenvalue weighted by molar-refractivity contribution is -0.144. The third kappa shape index (κ3) is 5.59. The van der Waals surface area contributed by atoms with Crippen LogP contribution < -0.4 is 14.4 Å². The van der Waals surface area contributed by atoms with Crippen molar-refractivity contribution in [3.63, 3.8) is 0 Å². The zero-order chi connectivity index (χ0) is 21.3. The monoisotopic (exact) mass is 411 g/mol. The predicted octanol–water partition coefficient (Wildman–Crippen LogP) is 3.41. The van der Waals surface area contributed by atoms with Crippen LogP contribution in [0.15, 0.2) is 48.5 Å². The van der Waals surface area contributed by atoms with Gasteiger partial charge in [0.15, 0.2) is 30.5 Å².